The second-order valence-corrected chi connectivity index (χ2v) is 7.06. The zero-order valence-electron chi connectivity index (χ0n) is 9.60. The Bertz CT molecular complexity index is 292. The number of ketones is 1. The van der Waals surface area contributed by atoms with Crippen LogP contribution < -0.4 is 0 Å². The molecular formula is C13H20O2S. The molecule has 16 heavy (non-hydrogen) atoms. The van der Waals surface area contributed by atoms with Crippen LogP contribution in [0.15, 0.2) is 0 Å². The summed E-state index contributed by atoms with van der Waals surface area (Å²) in [6, 6.07) is 0. The highest BCUT2D eigenvalue weighted by Crippen LogP contribution is 2.48. The van der Waals surface area contributed by atoms with Gasteiger partial charge < -0.3 is 5.11 Å². The van der Waals surface area contributed by atoms with Gasteiger partial charge in [-0.1, -0.05) is 12.8 Å². The minimum absolute atomic E-state index is 0.151. The third kappa shape index (κ3) is 1.82. The number of carbonyl (C=O) groups excluding carboxylic acids is 1. The Balaban J connectivity index is 1.78. The molecule has 90 valence electrons. The molecule has 0 aromatic heterocycles. The van der Waals surface area contributed by atoms with E-state index in [4.69, 9.17) is 0 Å². The summed E-state index contributed by atoms with van der Waals surface area (Å²) in [6.07, 6.45) is 7.36. The molecule has 3 aliphatic rings. The van der Waals surface area contributed by atoms with Crippen LogP contribution in [0.1, 0.15) is 44.9 Å². The lowest BCUT2D eigenvalue weighted by molar-refractivity contribution is -0.129. The van der Waals surface area contributed by atoms with Crippen LogP contribution in [0.3, 0.4) is 0 Å². The van der Waals surface area contributed by atoms with Crippen molar-refractivity contribution in [2.45, 2.75) is 61.5 Å². The van der Waals surface area contributed by atoms with E-state index in [0.29, 0.717) is 22.2 Å². The van der Waals surface area contributed by atoms with E-state index in [0.717, 1.165) is 25.7 Å². The van der Waals surface area contributed by atoms with Gasteiger partial charge in [0.2, 0.25) is 0 Å². The van der Waals surface area contributed by atoms with E-state index in [-0.39, 0.29) is 12.0 Å². The van der Waals surface area contributed by atoms with Crippen LogP contribution in [0.2, 0.25) is 0 Å². The fourth-order valence-corrected chi connectivity index (χ4v) is 5.67. The van der Waals surface area contributed by atoms with E-state index < -0.39 is 0 Å². The minimum Gasteiger partial charge on any atom is -0.393 e. The number of thioether (sulfide) groups is 1. The molecule has 0 bridgehead atoms. The molecule has 2 saturated carbocycles. The average Bonchev–Trinajstić information content (AvgIpc) is 2.29. The molecule has 1 heterocycles. The lowest BCUT2D eigenvalue weighted by atomic mass is 9.75. The molecule has 0 aromatic rings. The molecule has 2 nitrogen and oxygen atoms in total. The first-order valence-corrected chi connectivity index (χ1v) is 7.57. The predicted octanol–water partition coefficient (Wildman–Crippen LogP) is 2.39. The lowest BCUT2D eigenvalue weighted by Crippen LogP contribution is -2.47. The Kier molecular flexibility index (Phi) is 3.01. The summed E-state index contributed by atoms with van der Waals surface area (Å²) in [4.78, 5) is 12.4. The Hall–Kier alpha value is -0.0200. The SMILES string of the molecule is O=C1C2CCCCC2SC2CC(O)CCC12. The standard InChI is InChI=1S/C13H20O2S/c14-8-5-6-10-12(7-8)16-11-4-2-1-3-9(11)13(10)15/h8-12,14H,1-7H2. The van der Waals surface area contributed by atoms with Gasteiger partial charge in [0.1, 0.15) is 5.78 Å². The van der Waals surface area contributed by atoms with Gasteiger partial charge in [0, 0.05) is 22.3 Å². The number of rotatable bonds is 0. The molecule has 3 fully saturated rings. The summed E-state index contributed by atoms with van der Waals surface area (Å²) < 4.78 is 0. The molecule has 3 heteroatoms. The molecule has 0 aromatic carbocycles. The van der Waals surface area contributed by atoms with E-state index in [1.54, 1.807) is 0 Å². The molecule has 0 amide bonds. The number of aliphatic hydroxyl groups excluding tert-OH is 1. The van der Waals surface area contributed by atoms with Crippen LogP contribution in [0.25, 0.3) is 0 Å². The van der Waals surface area contributed by atoms with Crippen molar-refractivity contribution in [3.05, 3.63) is 0 Å². The van der Waals surface area contributed by atoms with E-state index in [9.17, 15) is 9.90 Å². The quantitative estimate of drug-likeness (QED) is 0.706. The maximum Gasteiger partial charge on any atom is 0.141 e. The predicted molar refractivity (Wildman–Crippen MR) is 65.5 cm³/mol. The molecule has 0 radical (unpaired) electrons. The van der Waals surface area contributed by atoms with Gasteiger partial charge in [-0.3, -0.25) is 4.79 Å². The Morgan fingerprint density at radius 1 is 1.00 bits per heavy atom. The second kappa shape index (κ2) is 4.34. The molecule has 0 spiro atoms. The normalized spacial score (nSPS) is 48.3. The van der Waals surface area contributed by atoms with Crippen molar-refractivity contribution in [3.63, 3.8) is 0 Å². The first-order valence-electron chi connectivity index (χ1n) is 6.63. The van der Waals surface area contributed by atoms with Crippen molar-refractivity contribution < 1.29 is 9.90 Å². The number of Topliss-reactive ketones (excluding diaryl/α,β-unsaturated/α-hetero) is 1. The smallest absolute Gasteiger partial charge is 0.141 e. The summed E-state index contributed by atoms with van der Waals surface area (Å²) in [7, 11) is 0. The molecule has 2 aliphatic carbocycles. The number of fused-ring (bicyclic) bond motifs is 2. The van der Waals surface area contributed by atoms with Crippen molar-refractivity contribution >= 4 is 17.5 Å². The van der Waals surface area contributed by atoms with Gasteiger partial charge in [-0.25, -0.2) is 0 Å². The highest BCUT2D eigenvalue weighted by molar-refractivity contribution is 8.00. The zero-order valence-corrected chi connectivity index (χ0v) is 10.4. The van der Waals surface area contributed by atoms with Crippen LogP contribution in [0, 0.1) is 11.8 Å². The minimum atomic E-state index is -0.151. The van der Waals surface area contributed by atoms with Crippen molar-refractivity contribution in [3.8, 4) is 0 Å². The maximum atomic E-state index is 12.4. The zero-order chi connectivity index (χ0) is 11.1. The molecule has 1 aliphatic heterocycles. The van der Waals surface area contributed by atoms with Crippen LogP contribution in [-0.4, -0.2) is 27.5 Å². The van der Waals surface area contributed by atoms with Crippen molar-refractivity contribution in [2.75, 3.05) is 0 Å². The monoisotopic (exact) mass is 240 g/mol. The highest BCUT2D eigenvalue weighted by atomic mass is 32.2. The number of hydrogen-bond donors (Lipinski definition) is 1. The van der Waals surface area contributed by atoms with Gasteiger partial charge in [0.25, 0.3) is 0 Å². The highest BCUT2D eigenvalue weighted by Gasteiger charge is 2.46. The van der Waals surface area contributed by atoms with Gasteiger partial charge in [-0.15, -0.1) is 0 Å². The summed E-state index contributed by atoms with van der Waals surface area (Å²) in [5.41, 5.74) is 0. The van der Waals surface area contributed by atoms with E-state index in [2.05, 4.69) is 0 Å². The van der Waals surface area contributed by atoms with Crippen LogP contribution in [0.5, 0.6) is 0 Å². The van der Waals surface area contributed by atoms with Crippen molar-refractivity contribution in [1.29, 1.82) is 0 Å². The molecule has 1 saturated heterocycles. The Morgan fingerprint density at radius 2 is 1.75 bits per heavy atom. The van der Waals surface area contributed by atoms with Gasteiger partial charge >= 0.3 is 0 Å². The van der Waals surface area contributed by atoms with E-state index in [1.165, 1.54) is 19.3 Å². The summed E-state index contributed by atoms with van der Waals surface area (Å²) in [5.74, 6) is 1.17. The fourth-order valence-electron chi connectivity index (χ4n) is 3.67. The number of carbonyl (C=O) groups is 1. The maximum absolute atomic E-state index is 12.4. The molecule has 5 atom stereocenters. The first kappa shape index (κ1) is 11.1. The van der Waals surface area contributed by atoms with Gasteiger partial charge in [0.05, 0.1) is 6.10 Å². The first-order chi connectivity index (χ1) is 7.75. The summed E-state index contributed by atoms with van der Waals surface area (Å²) in [5, 5.41) is 10.7. The summed E-state index contributed by atoms with van der Waals surface area (Å²) >= 11 is 2.03. The van der Waals surface area contributed by atoms with Gasteiger partial charge in [-0.2, -0.15) is 11.8 Å². The van der Waals surface area contributed by atoms with E-state index >= 15 is 0 Å². The van der Waals surface area contributed by atoms with Crippen LogP contribution >= 0.6 is 11.8 Å². The number of hydrogen-bond acceptors (Lipinski definition) is 3. The lowest BCUT2D eigenvalue weighted by Gasteiger charge is -2.45. The van der Waals surface area contributed by atoms with Gasteiger partial charge in [-0.05, 0) is 32.1 Å². The second-order valence-electron chi connectivity index (χ2n) is 5.58. The third-order valence-electron chi connectivity index (χ3n) is 4.55. The fraction of sp³-hybridized carbons (Fsp3) is 0.923. The Morgan fingerprint density at radius 3 is 2.62 bits per heavy atom. The molecular weight excluding hydrogens is 220 g/mol. The number of aliphatic hydroxyl groups is 1. The molecule has 5 unspecified atom stereocenters. The molecule has 1 N–H and O–H groups in total. The van der Waals surface area contributed by atoms with E-state index in [1.807, 2.05) is 11.8 Å². The van der Waals surface area contributed by atoms with Gasteiger partial charge in [0.15, 0.2) is 0 Å². The Labute approximate surface area is 101 Å². The molecule has 3 rings (SSSR count). The topological polar surface area (TPSA) is 37.3 Å². The van der Waals surface area contributed by atoms with Crippen LogP contribution in [0.4, 0.5) is 0 Å². The average molecular weight is 240 g/mol. The largest absolute Gasteiger partial charge is 0.393 e. The van der Waals surface area contributed by atoms with Crippen LogP contribution in [-0.2, 0) is 4.79 Å². The van der Waals surface area contributed by atoms with Crippen molar-refractivity contribution in [2.24, 2.45) is 11.8 Å². The third-order valence-corrected chi connectivity index (χ3v) is 6.33. The van der Waals surface area contributed by atoms with Crippen molar-refractivity contribution in [1.82, 2.24) is 0 Å². The summed E-state index contributed by atoms with van der Waals surface area (Å²) in [6.45, 7) is 0.